The molecule has 0 aliphatic heterocycles. The molecule has 0 saturated carbocycles. The van der Waals surface area contributed by atoms with Crippen LogP contribution in [0.3, 0.4) is 0 Å². The largest absolute Gasteiger partial charge is 0 e. The first-order valence-corrected chi connectivity index (χ1v) is 0. The van der Waals surface area contributed by atoms with Gasteiger partial charge < -0.3 is 0 Å². The van der Waals surface area contributed by atoms with Crippen LogP contribution in [0.2, 0.25) is 0 Å². The zero-order valence-electron chi connectivity index (χ0n) is 2.37. The third-order valence-electron chi connectivity index (χ3n) is 0. The molecule has 0 bridgehead atoms. The maximum atomic E-state index is 0. The van der Waals surface area contributed by atoms with E-state index in [2.05, 4.69) is 0 Å². The van der Waals surface area contributed by atoms with E-state index in [0.717, 1.165) is 0 Å². The van der Waals surface area contributed by atoms with Gasteiger partial charge in [0.2, 0.25) is 0 Å². The predicted octanol–water partition coefficient (Wildman–Crippen LogP) is -0.386. The summed E-state index contributed by atoms with van der Waals surface area (Å²) in [6.45, 7) is 0. The van der Waals surface area contributed by atoms with Crippen LogP contribution < -0.4 is 0 Å². The number of hydrogen-bond acceptors (Lipinski definition) is 0. The minimum atomic E-state index is 0. The molecule has 0 nitrogen and oxygen atoms in total. The van der Waals surface area contributed by atoms with Gasteiger partial charge >= 0.3 is 0 Å². The molecule has 0 rings (SSSR count). The van der Waals surface area contributed by atoms with Crippen molar-refractivity contribution in [2.75, 3.05) is 0 Å². The van der Waals surface area contributed by atoms with E-state index >= 15 is 0 Å². The normalized spacial score (nSPS) is 0. The van der Waals surface area contributed by atoms with E-state index in [1.165, 1.54) is 0 Å². The van der Waals surface area contributed by atoms with Crippen LogP contribution >= 0.6 is 0 Å². The molecule has 0 atom stereocenters. The Labute approximate surface area is 114 Å². The van der Waals surface area contributed by atoms with E-state index in [-0.39, 0.29) is 118 Å². The molecule has 14 valence electrons. The van der Waals surface area contributed by atoms with Gasteiger partial charge in [0.1, 0.15) is 0 Å². The molecule has 4 heteroatoms. The van der Waals surface area contributed by atoms with Crippen molar-refractivity contribution in [1.29, 1.82) is 0 Å². The summed E-state index contributed by atoms with van der Waals surface area (Å²) in [7, 11) is 0. The first-order chi connectivity index (χ1) is 0. The van der Waals surface area contributed by atoms with Crippen molar-refractivity contribution >= 4 is 45.5 Å². The topological polar surface area (TPSA) is 0 Å². The molecule has 0 spiro atoms. The summed E-state index contributed by atoms with van der Waals surface area (Å²) in [4.78, 5) is 0. The average Bonchev–Trinajstić information content (AvgIpc) is 0. The molecule has 0 aromatic carbocycles. The van der Waals surface area contributed by atoms with Crippen molar-refractivity contribution in [1.82, 2.24) is 0 Å². The molecule has 0 aliphatic rings. The van der Waals surface area contributed by atoms with Gasteiger partial charge in [-0.25, -0.2) is 0 Å². The summed E-state index contributed by atoms with van der Waals surface area (Å²) >= 11 is 0. The fraction of sp³-hybridized carbons (Fsp3) is 0. The van der Waals surface area contributed by atoms with Crippen LogP contribution in [0.1, 0.15) is 0 Å². The van der Waals surface area contributed by atoms with Gasteiger partial charge in [-0.15, -0.1) is 0 Å². The van der Waals surface area contributed by atoms with E-state index in [1.807, 2.05) is 0 Å². The van der Waals surface area contributed by atoms with Gasteiger partial charge in [0.15, 0.2) is 0 Å². The quantitative estimate of drug-likeness (QED) is 0.524. The van der Waals surface area contributed by atoms with Gasteiger partial charge in [0.25, 0.3) is 0 Å². The molecule has 0 saturated heterocycles. The van der Waals surface area contributed by atoms with E-state index in [0.29, 0.717) is 0 Å². The van der Waals surface area contributed by atoms with Crippen LogP contribution in [-0.2, 0) is 36.5 Å². The molecular formula is LaMnSrZn. The maximum Gasteiger partial charge on any atom is 0 e. The van der Waals surface area contributed by atoms with Gasteiger partial charge in [0.05, 0.1) is 0 Å². The van der Waals surface area contributed by atoms with E-state index in [1.54, 1.807) is 0 Å². The van der Waals surface area contributed by atoms with Crippen LogP contribution in [-0.4, -0.2) is 45.5 Å². The second-order valence-corrected chi connectivity index (χ2v) is 0. The molecule has 4 radical (unpaired) electrons. The minimum Gasteiger partial charge on any atom is 0 e. The standard InChI is InChI=1S/La.Mn.Sr.Zn. The molecule has 0 N–H and O–H groups in total. The Balaban J connectivity index is 0. The Morgan fingerprint density at radius 3 is 1.00 bits per heavy atom. The summed E-state index contributed by atoms with van der Waals surface area (Å²) in [5, 5.41) is 0. The van der Waals surface area contributed by atoms with E-state index in [4.69, 9.17) is 0 Å². The molecule has 0 heterocycles. The minimum absolute atomic E-state index is 0. The Morgan fingerprint density at radius 2 is 1.00 bits per heavy atom. The Morgan fingerprint density at radius 1 is 1.00 bits per heavy atom. The van der Waals surface area contributed by atoms with E-state index < -0.39 is 0 Å². The summed E-state index contributed by atoms with van der Waals surface area (Å²) in [6.07, 6.45) is 0. The predicted molar refractivity (Wildman–Crippen MR) is 5.75 cm³/mol. The van der Waals surface area contributed by atoms with Crippen molar-refractivity contribution in [3.63, 3.8) is 0 Å². The average molecular weight is 347 g/mol. The van der Waals surface area contributed by atoms with Crippen molar-refractivity contribution < 1.29 is 72.1 Å². The summed E-state index contributed by atoms with van der Waals surface area (Å²) in [6, 6.07) is 0. The number of rotatable bonds is 0. The van der Waals surface area contributed by atoms with Crippen molar-refractivity contribution in [3.8, 4) is 0 Å². The zero-order chi connectivity index (χ0) is 0. The fourth-order valence-electron chi connectivity index (χ4n) is 0. The van der Waals surface area contributed by atoms with Crippen LogP contribution in [0, 0.1) is 35.6 Å². The Kier molecular flexibility index (Phi) is 98.7. The first-order valence-electron chi connectivity index (χ1n) is 0. The SMILES string of the molecule is [La].[Mn].[Sr].[Zn]. The fourth-order valence-corrected chi connectivity index (χ4v) is 0. The summed E-state index contributed by atoms with van der Waals surface area (Å²) < 4.78 is 0. The van der Waals surface area contributed by atoms with Crippen LogP contribution in [0.25, 0.3) is 0 Å². The van der Waals surface area contributed by atoms with Gasteiger partial charge in [-0.05, 0) is 0 Å². The van der Waals surface area contributed by atoms with Gasteiger partial charge in [0, 0.05) is 118 Å². The van der Waals surface area contributed by atoms with Crippen molar-refractivity contribution in [2.45, 2.75) is 0 Å². The van der Waals surface area contributed by atoms with Gasteiger partial charge in [-0.3, -0.25) is 0 Å². The van der Waals surface area contributed by atoms with Crippen molar-refractivity contribution in [3.05, 3.63) is 0 Å². The first kappa shape index (κ1) is 24.9. The maximum absolute atomic E-state index is 0. The zero-order valence-corrected chi connectivity index (χ0v) is 13.6. The van der Waals surface area contributed by atoms with E-state index in [9.17, 15) is 0 Å². The van der Waals surface area contributed by atoms with Crippen LogP contribution in [0.5, 0.6) is 0 Å². The summed E-state index contributed by atoms with van der Waals surface area (Å²) in [5.74, 6) is 0. The third kappa shape index (κ3) is 9.26. The Hall–Kier alpha value is 3.82. The number of hydrogen-bond donors (Lipinski definition) is 0. The second kappa shape index (κ2) is 15.8. The third-order valence-corrected chi connectivity index (χ3v) is 0. The Bertz CT molecular complexity index is 8.00. The molecule has 0 amide bonds. The van der Waals surface area contributed by atoms with Crippen molar-refractivity contribution in [2.24, 2.45) is 0 Å². The molecule has 0 fully saturated rings. The van der Waals surface area contributed by atoms with Gasteiger partial charge in [-0.1, -0.05) is 0 Å². The molecule has 0 unspecified atom stereocenters. The molecule has 4 heavy (non-hydrogen) atoms. The second-order valence-electron chi connectivity index (χ2n) is 0. The molecule has 0 aromatic heterocycles. The monoisotopic (exact) mass is 346 g/mol. The molecule has 0 aromatic rings. The van der Waals surface area contributed by atoms with Gasteiger partial charge in [-0.2, -0.15) is 0 Å². The van der Waals surface area contributed by atoms with Crippen LogP contribution in [0.4, 0.5) is 0 Å². The molecular weight excluding hydrogens is 347 g/mol. The van der Waals surface area contributed by atoms with Crippen LogP contribution in [0.15, 0.2) is 0 Å². The molecule has 0 aliphatic carbocycles. The smallest absolute Gasteiger partial charge is 0 e. The summed E-state index contributed by atoms with van der Waals surface area (Å²) in [5.41, 5.74) is 0.